The first-order valence-electron chi connectivity index (χ1n) is 7.65. The molecule has 0 aliphatic carbocycles. The number of carbonyl (C=O) groups excluding carboxylic acids is 1. The number of phenols is 1. The van der Waals surface area contributed by atoms with Gasteiger partial charge in [-0.05, 0) is 42.0 Å². The third-order valence-electron chi connectivity index (χ3n) is 3.99. The topological polar surface area (TPSA) is 67.1 Å². The standard InChI is InChI=1S/C18H14FN3O2S/c19-12-3-5-13(6-4-12)22-10-20-18-16(22)17(25-9-15(24)21-18)11-1-7-14(23)8-2-11/h1-8,10,17,23H,9H2,(H,21,24)/t17-/m1/s1. The summed E-state index contributed by atoms with van der Waals surface area (Å²) in [6.07, 6.45) is 1.62. The predicted octanol–water partition coefficient (Wildman–Crippen LogP) is 3.49. The molecule has 25 heavy (non-hydrogen) atoms. The minimum Gasteiger partial charge on any atom is -0.508 e. The van der Waals surface area contributed by atoms with Gasteiger partial charge in [0.15, 0.2) is 5.82 Å². The summed E-state index contributed by atoms with van der Waals surface area (Å²) in [6, 6.07) is 13.0. The lowest BCUT2D eigenvalue weighted by Gasteiger charge is -2.18. The van der Waals surface area contributed by atoms with Crippen LogP contribution in [0.1, 0.15) is 16.5 Å². The first-order chi connectivity index (χ1) is 12.1. The number of halogens is 1. The number of rotatable bonds is 2. The van der Waals surface area contributed by atoms with E-state index in [9.17, 15) is 14.3 Å². The number of aromatic nitrogens is 2. The number of phenolic OH excluding ortho intramolecular Hbond substituents is 1. The smallest absolute Gasteiger partial charge is 0.235 e. The third kappa shape index (κ3) is 2.98. The van der Waals surface area contributed by atoms with Crippen LogP contribution in [0.5, 0.6) is 5.75 Å². The number of nitrogens with one attached hydrogen (secondary N) is 1. The number of hydrogen-bond donors (Lipinski definition) is 2. The third-order valence-corrected chi connectivity index (χ3v) is 5.25. The Kier molecular flexibility index (Phi) is 3.93. The van der Waals surface area contributed by atoms with Crippen molar-refractivity contribution in [2.24, 2.45) is 0 Å². The average molecular weight is 355 g/mol. The average Bonchev–Trinajstić information content (AvgIpc) is 2.93. The molecule has 0 saturated carbocycles. The summed E-state index contributed by atoms with van der Waals surface area (Å²) in [5.74, 6) is 0.552. The molecule has 1 aliphatic rings. The van der Waals surface area contributed by atoms with Crippen molar-refractivity contribution in [3.8, 4) is 11.4 Å². The van der Waals surface area contributed by atoms with Gasteiger partial charge in [-0.2, -0.15) is 0 Å². The molecule has 126 valence electrons. The van der Waals surface area contributed by atoms with Crippen LogP contribution in [0, 0.1) is 5.82 Å². The summed E-state index contributed by atoms with van der Waals surface area (Å²) in [7, 11) is 0. The van der Waals surface area contributed by atoms with Gasteiger partial charge >= 0.3 is 0 Å². The molecular formula is C18H14FN3O2S. The molecule has 2 heterocycles. The van der Waals surface area contributed by atoms with Crippen LogP contribution in [0.15, 0.2) is 54.9 Å². The normalized spacial score (nSPS) is 16.8. The van der Waals surface area contributed by atoms with Gasteiger partial charge in [0.2, 0.25) is 5.91 Å². The number of benzene rings is 2. The Hall–Kier alpha value is -2.80. The number of thioether (sulfide) groups is 1. The van der Waals surface area contributed by atoms with Crippen molar-refractivity contribution in [2.75, 3.05) is 11.1 Å². The molecule has 0 saturated heterocycles. The monoisotopic (exact) mass is 355 g/mol. The molecule has 5 nitrogen and oxygen atoms in total. The van der Waals surface area contributed by atoms with Gasteiger partial charge in [0.05, 0.1) is 16.7 Å². The Labute approximate surface area is 147 Å². The van der Waals surface area contributed by atoms with Crippen molar-refractivity contribution in [3.05, 3.63) is 71.9 Å². The molecule has 1 atom stereocenters. The molecule has 0 spiro atoms. The molecule has 2 N–H and O–H groups in total. The zero-order valence-electron chi connectivity index (χ0n) is 13.0. The maximum atomic E-state index is 13.3. The first kappa shape index (κ1) is 15.7. The van der Waals surface area contributed by atoms with Gasteiger partial charge in [-0.3, -0.25) is 9.36 Å². The zero-order chi connectivity index (χ0) is 17.4. The zero-order valence-corrected chi connectivity index (χ0v) is 13.8. The molecule has 1 aliphatic heterocycles. The fraction of sp³-hybridized carbons (Fsp3) is 0.111. The minimum atomic E-state index is -0.312. The van der Waals surface area contributed by atoms with Gasteiger partial charge in [0.25, 0.3) is 0 Å². The van der Waals surface area contributed by atoms with Crippen molar-refractivity contribution < 1.29 is 14.3 Å². The second-order valence-corrected chi connectivity index (χ2v) is 6.75. The van der Waals surface area contributed by atoms with Gasteiger partial charge in [0.1, 0.15) is 17.9 Å². The van der Waals surface area contributed by atoms with Crippen LogP contribution in [0.2, 0.25) is 0 Å². The molecule has 4 rings (SSSR count). The summed E-state index contributed by atoms with van der Waals surface area (Å²) in [6.45, 7) is 0. The van der Waals surface area contributed by atoms with Crippen LogP contribution in [-0.2, 0) is 4.79 Å². The fourth-order valence-corrected chi connectivity index (χ4v) is 3.94. The highest BCUT2D eigenvalue weighted by molar-refractivity contribution is 8.00. The minimum absolute atomic E-state index is 0.114. The predicted molar refractivity (Wildman–Crippen MR) is 94.6 cm³/mol. The van der Waals surface area contributed by atoms with Gasteiger partial charge in [-0.15, -0.1) is 11.8 Å². The number of anilines is 1. The molecule has 7 heteroatoms. The molecule has 0 bridgehead atoms. The van der Waals surface area contributed by atoms with E-state index in [1.165, 1.54) is 23.9 Å². The highest BCUT2D eigenvalue weighted by Gasteiger charge is 2.29. The lowest BCUT2D eigenvalue weighted by atomic mass is 10.1. The van der Waals surface area contributed by atoms with Crippen molar-refractivity contribution in [1.82, 2.24) is 9.55 Å². The largest absolute Gasteiger partial charge is 0.508 e. The lowest BCUT2D eigenvalue weighted by Crippen LogP contribution is -2.12. The van der Waals surface area contributed by atoms with Crippen molar-refractivity contribution >= 4 is 23.5 Å². The molecule has 0 radical (unpaired) electrons. The van der Waals surface area contributed by atoms with E-state index in [1.54, 1.807) is 30.6 Å². The van der Waals surface area contributed by atoms with Crippen LogP contribution in [-0.4, -0.2) is 26.3 Å². The van der Waals surface area contributed by atoms with Crippen molar-refractivity contribution in [3.63, 3.8) is 0 Å². The fourth-order valence-electron chi connectivity index (χ4n) is 2.82. The van der Waals surface area contributed by atoms with Gasteiger partial charge in [-0.25, -0.2) is 9.37 Å². The number of fused-ring (bicyclic) bond motifs is 1. The number of amides is 1. The van der Waals surface area contributed by atoms with E-state index < -0.39 is 0 Å². The van der Waals surface area contributed by atoms with Crippen LogP contribution in [0.25, 0.3) is 5.69 Å². The summed E-state index contributed by atoms with van der Waals surface area (Å²) >= 11 is 1.48. The molecule has 0 unspecified atom stereocenters. The van der Waals surface area contributed by atoms with Crippen molar-refractivity contribution in [1.29, 1.82) is 0 Å². The molecule has 2 aromatic carbocycles. The van der Waals surface area contributed by atoms with Crippen molar-refractivity contribution in [2.45, 2.75) is 5.25 Å². The molecular weight excluding hydrogens is 341 g/mol. The van der Waals surface area contributed by atoms with Crippen LogP contribution < -0.4 is 5.32 Å². The van der Waals surface area contributed by atoms with E-state index in [4.69, 9.17) is 0 Å². The Bertz CT molecular complexity index is 922. The maximum Gasteiger partial charge on any atom is 0.235 e. The summed E-state index contributed by atoms with van der Waals surface area (Å²) in [5, 5.41) is 12.2. The quantitative estimate of drug-likeness (QED) is 0.738. The van der Waals surface area contributed by atoms with E-state index in [1.807, 2.05) is 16.7 Å². The molecule has 3 aromatic rings. The SMILES string of the molecule is O=C1CS[C@H](c2ccc(O)cc2)c2c(ncn2-c2ccc(F)cc2)N1. The van der Waals surface area contributed by atoms with E-state index in [-0.39, 0.29) is 22.7 Å². The number of aromatic hydroxyl groups is 1. The molecule has 1 aromatic heterocycles. The van der Waals surface area contributed by atoms with E-state index in [2.05, 4.69) is 10.3 Å². The summed E-state index contributed by atoms with van der Waals surface area (Å²) in [5.41, 5.74) is 2.52. The number of carbonyl (C=O) groups is 1. The van der Waals surface area contributed by atoms with E-state index >= 15 is 0 Å². The van der Waals surface area contributed by atoms with Crippen LogP contribution in [0.3, 0.4) is 0 Å². The van der Waals surface area contributed by atoms with Crippen LogP contribution in [0.4, 0.5) is 10.2 Å². The Balaban J connectivity index is 1.86. The Morgan fingerprint density at radius 2 is 1.88 bits per heavy atom. The highest BCUT2D eigenvalue weighted by Crippen LogP contribution is 2.42. The lowest BCUT2D eigenvalue weighted by molar-refractivity contribution is -0.113. The molecule has 1 amide bonds. The Morgan fingerprint density at radius 3 is 2.60 bits per heavy atom. The number of imidazole rings is 1. The van der Waals surface area contributed by atoms with Gasteiger partial charge < -0.3 is 10.4 Å². The second kappa shape index (κ2) is 6.25. The number of hydrogen-bond acceptors (Lipinski definition) is 4. The number of nitrogens with zero attached hydrogens (tertiary/aromatic N) is 2. The van der Waals surface area contributed by atoms with Crippen LogP contribution >= 0.6 is 11.8 Å². The second-order valence-electron chi connectivity index (χ2n) is 5.66. The van der Waals surface area contributed by atoms with E-state index in [0.717, 1.165) is 16.9 Å². The first-order valence-corrected chi connectivity index (χ1v) is 8.70. The highest BCUT2D eigenvalue weighted by atomic mass is 32.2. The summed E-state index contributed by atoms with van der Waals surface area (Å²) in [4.78, 5) is 16.3. The Morgan fingerprint density at radius 1 is 1.16 bits per heavy atom. The summed E-state index contributed by atoms with van der Waals surface area (Å²) < 4.78 is 15.1. The van der Waals surface area contributed by atoms with Gasteiger partial charge in [-0.1, -0.05) is 12.1 Å². The molecule has 0 fully saturated rings. The maximum absolute atomic E-state index is 13.3. The van der Waals surface area contributed by atoms with E-state index in [0.29, 0.717) is 11.6 Å². The van der Waals surface area contributed by atoms with Gasteiger partial charge in [0, 0.05) is 5.69 Å².